The van der Waals surface area contributed by atoms with Crippen LogP contribution in [0.4, 0.5) is 24.7 Å². The number of carbonyl (C=O) groups is 1. The Morgan fingerprint density at radius 1 is 1.17 bits per heavy atom. The van der Waals surface area contributed by atoms with Crippen LogP contribution in [0, 0.1) is 0 Å². The lowest BCUT2D eigenvalue weighted by Crippen LogP contribution is -2.12. The van der Waals surface area contributed by atoms with Crippen molar-refractivity contribution < 1.29 is 18.3 Å². The van der Waals surface area contributed by atoms with Crippen molar-refractivity contribution in [2.45, 2.75) is 6.61 Å². The van der Waals surface area contributed by atoms with E-state index in [1.54, 1.807) is 29.1 Å². The Labute approximate surface area is 143 Å². The summed E-state index contributed by atoms with van der Waals surface area (Å²) in [6, 6.07) is 5.99. The maximum Gasteiger partial charge on any atom is 0.387 e. The predicted octanol–water partition coefficient (Wildman–Crippen LogP) is 4.20. The smallest absolute Gasteiger partial charge is 0.387 e. The molecule has 10 heteroatoms. The fraction of sp³-hybridized carbons (Fsp3) is 0.0714. The standard InChI is InChI=1S/C14H10F2N4O2S2/c15-12(16)22-9-3-1-8(2-4-9)18-14-19-10(7-24-14)11(21)20-13-17-5-6-23-13/h1-7,12H,(H,18,19)(H,17,20,21). The van der Waals surface area contributed by atoms with Crippen LogP contribution < -0.4 is 15.4 Å². The zero-order chi connectivity index (χ0) is 16.9. The minimum Gasteiger partial charge on any atom is -0.435 e. The first-order chi connectivity index (χ1) is 11.6. The number of rotatable bonds is 6. The highest BCUT2D eigenvalue weighted by molar-refractivity contribution is 7.14. The molecule has 24 heavy (non-hydrogen) atoms. The summed E-state index contributed by atoms with van der Waals surface area (Å²) in [5, 5.41) is 9.99. The molecule has 3 rings (SSSR count). The van der Waals surface area contributed by atoms with Crippen LogP contribution >= 0.6 is 22.7 Å². The van der Waals surface area contributed by atoms with E-state index in [9.17, 15) is 13.6 Å². The molecule has 0 unspecified atom stereocenters. The Kier molecular flexibility index (Phi) is 4.96. The van der Waals surface area contributed by atoms with Gasteiger partial charge in [0.15, 0.2) is 10.3 Å². The maximum absolute atomic E-state index is 12.1. The first-order valence-corrected chi connectivity index (χ1v) is 8.34. The summed E-state index contributed by atoms with van der Waals surface area (Å²) in [6.07, 6.45) is 1.59. The molecule has 0 fully saturated rings. The van der Waals surface area contributed by atoms with E-state index in [1.807, 2.05) is 0 Å². The highest BCUT2D eigenvalue weighted by atomic mass is 32.1. The highest BCUT2D eigenvalue weighted by Crippen LogP contribution is 2.24. The molecule has 2 aromatic heterocycles. The molecule has 0 aliphatic heterocycles. The van der Waals surface area contributed by atoms with Gasteiger partial charge in [0.05, 0.1) is 0 Å². The second kappa shape index (κ2) is 7.32. The Morgan fingerprint density at radius 3 is 2.62 bits per heavy atom. The quantitative estimate of drug-likeness (QED) is 0.682. The number of thiazole rings is 2. The van der Waals surface area contributed by atoms with E-state index in [0.29, 0.717) is 16.0 Å². The lowest BCUT2D eigenvalue weighted by atomic mass is 10.3. The van der Waals surface area contributed by atoms with Gasteiger partial charge in [-0.2, -0.15) is 8.78 Å². The molecule has 0 aliphatic carbocycles. The lowest BCUT2D eigenvalue weighted by Gasteiger charge is -2.06. The summed E-state index contributed by atoms with van der Waals surface area (Å²) < 4.78 is 28.5. The van der Waals surface area contributed by atoms with Gasteiger partial charge in [-0.3, -0.25) is 10.1 Å². The number of alkyl halides is 2. The van der Waals surface area contributed by atoms with Crippen molar-refractivity contribution in [1.29, 1.82) is 0 Å². The Morgan fingerprint density at radius 2 is 1.96 bits per heavy atom. The van der Waals surface area contributed by atoms with E-state index in [0.717, 1.165) is 0 Å². The SMILES string of the molecule is O=C(Nc1nccs1)c1csc(Nc2ccc(OC(F)F)cc2)n1. The molecule has 0 saturated carbocycles. The summed E-state index contributed by atoms with van der Waals surface area (Å²) in [5.74, 6) is -0.284. The molecule has 0 aliphatic rings. The number of carbonyl (C=O) groups excluding carboxylic acids is 1. The number of hydrogen-bond acceptors (Lipinski definition) is 7. The minimum atomic E-state index is -2.86. The van der Waals surface area contributed by atoms with Crippen molar-refractivity contribution in [3.8, 4) is 5.75 Å². The minimum absolute atomic E-state index is 0.0678. The summed E-state index contributed by atoms with van der Waals surface area (Å²) in [4.78, 5) is 20.2. The van der Waals surface area contributed by atoms with E-state index in [-0.39, 0.29) is 17.4 Å². The molecule has 124 valence electrons. The van der Waals surface area contributed by atoms with Crippen molar-refractivity contribution in [2.24, 2.45) is 0 Å². The van der Waals surface area contributed by atoms with Gasteiger partial charge in [0, 0.05) is 22.6 Å². The average molecular weight is 368 g/mol. The molecule has 2 N–H and O–H groups in total. The first kappa shape index (κ1) is 16.3. The Hall–Kier alpha value is -2.59. The number of nitrogens with one attached hydrogen (secondary N) is 2. The van der Waals surface area contributed by atoms with Gasteiger partial charge in [0.2, 0.25) is 0 Å². The van der Waals surface area contributed by atoms with Crippen molar-refractivity contribution >= 4 is 44.5 Å². The van der Waals surface area contributed by atoms with Gasteiger partial charge in [-0.25, -0.2) is 9.97 Å². The molecule has 0 radical (unpaired) electrons. The number of aromatic nitrogens is 2. The van der Waals surface area contributed by atoms with E-state index in [4.69, 9.17) is 0 Å². The second-order valence-corrected chi connectivity index (χ2v) is 6.11. The summed E-state index contributed by atoms with van der Waals surface area (Å²) >= 11 is 2.56. The van der Waals surface area contributed by atoms with E-state index in [2.05, 4.69) is 25.3 Å². The van der Waals surface area contributed by atoms with Gasteiger partial charge in [0.1, 0.15) is 11.4 Å². The summed E-state index contributed by atoms with van der Waals surface area (Å²) in [5.41, 5.74) is 0.896. The normalized spacial score (nSPS) is 10.6. The number of ether oxygens (including phenoxy) is 1. The van der Waals surface area contributed by atoms with Gasteiger partial charge < -0.3 is 10.1 Å². The fourth-order valence-corrected chi connectivity index (χ4v) is 2.96. The number of anilines is 3. The lowest BCUT2D eigenvalue weighted by molar-refractivity contribution is -0.0498. The maximum atomic E-state index is 12.1. The zero-order valence-electron chi connectivity index (χ0n) is 11.9. The third-order valence-corrected chi connectivity index (χ3v) is 4.17. The third-order valence-electron chi connectivity index (χ3n) is 2.72. The van der Waals surface area contributed by atoms with Gasteiger partial charge in [-0.1, -0.05) is 0 Å². The van der Waals surface area contributed by atoms with Gasteiger partial charge in [0.25, 0.3) is 5.91 Å². The van der Waals surface area contributed by atoms with Gasteiger partial charge >= 0.3 is 6.61 Å². The van der Waals surface area contributed by atoms with Gasteiger partial charge in [-0.05, 0) is 24.3 Å². The molecule has 6 nitrogen and oxygen atoms in total. The third kappa shape index (κ3) is 4.24. The van der Waals surface area contributed by atoms with Crippen molar-refractivity contribution in [3.05, 3.63) is 46.9 Å². The number of amides is 1. The molecule has 0 atom stereocenters. The monoisotopic (exact) mass is 368 g/mol. The molecular formula is C14H10F2N4O2S2. The molecule has 0 saturated heterocycles. The zero-order valence-corrected chi connectivity index (χ0v) is 13.5. The molecule has 1 amide bonds. The molecule has 3 aromatic rings. The highest BCUT2D eigenvalue weighted by Gasteiger charge is 2.12. The number of halogens is 2. The second-order valence-electron chi connectivity index (χ2n) is 4.36. The van der Waals surface area contributed by atoms with E-state index >= 15 is 0 Å². The van der Waals surface area contributed by atoms with Crippen LogP contribution in [0.2, 0.25) is 0 Å². The number of nitrogens with zero attached hydrogens (tertiary/aromatic N) is 2. The fourth-order valence-electron chi connectivity index (χ4n) is 1.72. The van der Waals surface area contributed by atoms with Crippen molar-refractivity contribution in [1.82, 2.24) is 9.97 Å². The molecular weight excluding hydrogens is 358 g/mol. The topological polar surface area (TPSA) is 76.1 Å². The van der Waals surface area contributed by atoms with Gasteiger partial charge in [-0.15, -0.1) is 22.7 Å². The van der Waals surface area contributed by atoms with Crippen LogP contribution in [0.3, 0.4) is 0 Å². The van der Waals surface area contributed by atoms with Crippen LogP contribution in [-0.4, -0.2) is 22.5 Å². The Balaban J connectivity index is 1.62. The summed E-state index contributed by atoms with van der Waals surface area (Å²) in [7, 11) is 0. The predicted molar refractivity (Wildman–Crippen MR) is 88.5 cm³/mol. The van der Waals surface area contributed by atoms with Crippen LogP contribution in [0.5, 0.6) is 5.75 Å². The van der Waals surface area contributed by atoms with Crippen molar-refractivity contribution in [2.75, 3.05) is 10.6 Å². The average Bonchev–Trinajstić information content (AvgIpc) is 3.20. The molecule has 0 spiro atoms. The van der Waals surface area contributed by atoms with E-state index in [1.165, 1.54) is 34.8 Å². The van der Waals surface area contributed by atoms with Crippen LogP contribution in [0.1, 0.15) is 10.5 Å². The molecule has 2 heterocycles. The molecule has 0 bridgehead atoms. The van der Waals surface area contributed by atoms with Crippen molar-refractivity contribution in [3.63, 3.8) is 0 Å². The molecule has 1 aromatic carbocycles. The summed E-state index contributed by atoms with van der Waals surface area (Å²) in [6.45, 7) is -2.86. The van der Waals surface area contributed by atoms with Crippen LogP contribution in [0.15, 0.2) is 41.2 Å². The largest absolute Gasteiger partial charge is 0.435 e. The number of benzene rings is 1. The first-order valence-electron chi connectivity index (χ1n) is 6.58. The Bertz CT molecular complexity index is 807. The van der Waals surface area contributed by atoms with Crippen LogP contribution in [-0.2, 0) is 0 Å². The number of hydrogen-bond donors (Lipinski definition) is 2. The van der Waals surface area contributed by atoms with Crippen LogP contribution in [0.25, 0.3) is 0 Å². The van der Waals surface area contributed by atoms with E-state index < -0.39 is 6.61 Å².